The zero-order chi connectivity index (χ0) is 12.4. The molecular formula is C13H11N3OS. The molecule has 0 radical (unpaired) electrons. The molecule has 0 spiro atoms. The maximum absolute atomic E-state index is 9.42. The number of aliphatic hydroxyl groups is 1. The number of pyridine rings is 1. The molecule has 5 heteroatoms. The molecule has 0 fully saturated rings. The van der Waals surface area contributed by atoms with Crippen molar-refractivity contribution in [2.24, 2.45) is 0 Å². The maximum atomic E-state index is 9.42. The van der Waals surface area contributed by atoms with Crippen LogP contribution >= 0.6 is 11.8 Å². The summed E-state index contributed by atoms with van der Waals surface area (Å²) in [5.74, 6) is 0. The fourth-order valence-electron chi connectivity index (χ4n) is 1.74. The lowest BCUT2D eigenvalue weighted by Gasteiger charge is -2.06. The molecule has 3 rings (SSSR count). The Morgan fingerprint density at radius 1 is 1.28 bits per heavy atom. The lowest BCUT2D eigenvalue weighted by molar-refractivity contribution is 0.278. The zero-order valence-corrected chi connectivity index (χ0v) is 10.3. The molecule has 90 valence electrons. The molecule has 3 aromatic rings. The van der Waals surface area contributed by atoms with Gasteiger partial charge in [0, 0.05) is 23.3 Å². The molecule has 0 aliphatic carbocycles. The van der Waals surface area contributed by atoms with Crippen LogP contribution in [0.4, 0.5) is 0 Å². The van der Waals surface area contributed by atoms with Crippen LogP contribution in [0.3, 0.4) is 0 Å². The average Bonchev–Trinajstić information content (AvgIpc) is 2.91. The van der Waals surface area contributed by atoms with Crippen LogP contribution in [-0.4, -0.2) is 20.1 Å². The summed E-state index contributed by atoms with van der Waals surface area (Å²) >= 11 is 1.42. The second kappa shape index (κ2) is 4.80. The standard InChI is InChI=1S/C13H11N3OS/c17-8-10-7-9-3-1-2-4-11(9)16-12(10)18-13-14-5-6-15-13/h1-7,17H,8H2,(H,14,15). The molecule has 0 atom stereocenters. The number of benzene rings is 1. The van der Waals surface area contributed by atoms with Crippen molar-refractivity contribution in [3.05, 3.63) is 48.3 Å². The van der Waals surface area contributed by atoms with E-state index in [1.807, 2.05) is 30.3 Å². The summed E-state index contributed by atoms with van der Waals surface area (Å²) in [6.07, 6.45) is 3.46. The van der Waals surface area contributed by atoms with E-state index in [2.05, 4.69) is 15.0 Å². The highest BCUT2D eigenvalue weighted by Gasteiger charge is 2.09. The molecule has 1 aromatic carbocycles. The van der Waals surface area contributed by atoms with Crippen molar-refractivity contribution in [2.75, 3.05) is 0 Å². The quantitative estimate of drug-likeness (QED) is 0.757. The van der Waals surface area contributed by atoms with Crippen LogP contribution in [0.25, 0.3) is 10.9 Å². The third kappa shape index (κ3) is 2.10. The molecule has 2 N–H and O–H groups in total. The summed E-state index contributed by atoms with van der Waals surface area (Å²) in [7, 11) is 0. The van der Waals surface area contributed by atoms with E-state index in [4.69, 9.17) is 0 Å². The van der Waals surface area contributed by atoms with Crippen LogP contribution in [0.5, 0.6) is 0 Å². The highest BCUT2D eigenvalue weighted by molar-refractivity contribution is 7.99. The number of imidazole rings is 1. The normalized spacial score (nSPS) is 10.9. The molecule has 0 aliphatic rings. The Kier molecular flexibility index (Phi) is 3.00. The van der Waals surface area contributed by atoms with Crippen molar-refractivity contribution in [1.29, 1.82) is 0 Å². The van der Waals surface area contributed by atoms with Crippen LogP contribution in [0.1, 0.15) is 5.56 Å². The summed E-state index contributed by atoms with van der Waals surface area (Å²) in [6.45, 7) is -0.0269. The summed E-state index contributed by atoms with van der Waals surface area (Å²) in [5, 5.41) is 12.0. The van der Waals surface area contributed by atoms with E-state index in [1.54, 1.807) is 12.4 Å². The van der Waals surface area contributed by atoms with Gasteiger partial charge in [0.05, 0.1) is 12.1 Å². The maximum Gasteiger partial charge on any atom is 0.171 e. The Hall–Kier alpha value is -1.85. The van der Waals surface area contributed by atoms with Gasteiger partial charge in [-0.15, -0.1) is 0 Å². The number of nitrogens with zero attached hydrogens (tertiary/aromatic N) is 2. The minimum atomic E-state index is -0.0269. The Bertz CT molecular complexity index is 667. The molecule has 0 unspecified atom stereocenters. The third-order valence-corrected chi connectivity index (χ3v) is 3.56. The van der Waals surface area contributed by atoms with Crippen LogP contribution in [0.2, 0.25) is 0 Å². The lowest BCUT2D eigenvalue weighted by Crippen LogP contribution is -1.93. The average molecular weight is 257 g/mol. The summed E-state index contributed by atoms with van der Waals surface area (Å²) in [6, 6.07) is 9.83. The van der Waals surface area contributed by atoms with Gasteiger partial charge in [0.25, 0.3) is 0 Å². The van der Waals surface area contributed by atoms with E-state index >= 15 is 0 Å². The minimum absolute atomic E-state index is 0.0269. The van der Waals surface area contributed by atoms with Crippen molar-refractivity contribution in [1.82, 2.24) is 15.0 Å². The second-order valence-electron chi connectivity index (χ2n) is 3.80. The first-order valence-corrected chi connectivity index (χ1v) is 6.35. The number of aromatic amines is 1. The highest BCUT2D eigenvalue weighted by atomic mass is 32.2. The fraction of sp³-hybridized carbons (Fsp3) is 0.0769. The van der Waals surface area contributed by atoms with Crippen molar-refractivity contribution in [3.8, 4) is 0 Å². The molecule has 0 saturated carbocycles. The number of rotatable bonds is 3. The molecule has 18 heavy (non-hydrogen) atoms. The van der Waals surface area contributed by atoms with Gasteiger partial charge in [0.1, 0.15) is 5.03 Å². The highest BCUT2D eigenvalue weighted by Crippen LogP contribution is 2.28. The van der Waals surface area contributed by atoms with Gasteiger partial charge in [0.15, 0.2) is 5.16 Å². The van der Waals surface area contributed by atoms with E-state index in [0.29, 0.717) is 0 Å². The van der Waals surface area contributed by atoms with E-state index < -0.39 is 0 Å². The number of aliphatic hydroxyl groups excluding tert-OH is 1. The fourth-order valence-corrected chi connectivity index (χ4v) is 2.56. The Morgan fingerprint density at radius 3 is 2.94 bits per heavy atom. The topological polar surface area (TPSA) is 61.8 Å². The van der Waals surface area contributed by atoms with Crippen LogP contribution in [0.15, 0.2) is 52.9 Å². The first kappa shape index (κ1) is 11.3. The summed E-state index contributed by atoms with van der Waals surface area (Å²) < 4.78 is 0. The number of aromatic nitrogens is 3. The van der Waals surface area contributed by atoms with Gasteiger partial charge in [0.2, 0.25) is 0 Å². The zero-order valence-electron chi connectivity index (χ0n) is 9.50. The molecule has 0 saturated heterocycles. The van der Waals surface area contributed by atoms with Gasteiger partial charge >= 0.3 is 0 Å². The van der Waals surface area contributed by atoms with Crippen molar-refractivity contribution < 1.29 is 5.11 Å². The molecule has 4 nitrogen and oxygen atoms in total. The minimum Gasteiger partial charge on any atom is -0.392 e. The molecule has 0 aliphatic heterocycles. The van der Waals surface area contributed by atoms with Gasteiger partial charge in [-0.1, -0.05) is 18.2 Å². The number of fused-ring (bicyclic) bond motifs is 1. The van der Waals surface area contributed by atoms with Crippen LogP contribution < -0.4 is 0 Å². The lowest BCUT2D eigenvalue weighted by atomic mass is 10.2. The van der Waals surface area contributed by atoms with E-state index in [1.165, 1.54) is 11.8 Å². The van der Waals surface area contributed by atoms with E-state index in [0.717, 1.165) is 26.6 Å². The Morgan fingerprint density at radius 2 is 2.17 bits per heavy atom. The smallest absolute Gasteiger partial charge is 0.171 e. The third-order valence-electron chi connectivity index (χ3n) is 2.60. The van der Waals surface area contributed by atoms with Gasteiger partial charge in [-0.25, -0.2) is 9.97 Å². The van der Waals surface area contributed by atoms with Crippen LogP contribution in [-0.2, 0) is 6.61 Å². The van der Waals surface area contributed by atoms with E-state index in [9.17, 15) is 5.11 Å². The van der Waals surface area contributed by atoms with Crippen molar-refractivity contribution >= 4 is 22.7 Å². The number of nitrogens with one attached hydrogen (secondary N) is 1. The molecule has 2 aromatic heterocycles. The first-order valence-electron chi connectivity index (χ1n) is 5.53. The second-order valence-corrected chi connectivity index (χ2v) is 4.78. The number of H-pyrrole nitrogens is 1. The summed E-state index contributed by atoms with van der Waals surface area (Å²) in [4.78, 5) is 11.7. The molecule has 0 bridgehead atoms. The number of para-hydroxylation sites is 1. The van der Waals surface area contributed by atoms with Gasteiger partial charge < -0.3 is 10.1 Å². The van der Waals surface area contributed by atoms with Gasteiger partial charge in [-0.2, -0.15) is 0 Å². The summed E-state index contributed by atoms with van der Waals surface area (Å²) in [5.41, 5.74) is 1.74. The number of hydrogen-bond acceptors (Lipinski definition) is 4. The van der Waals surface area contributed by atoms with Gasteiger partial charge in [-0.3, -0.25) is 0 Å². The Labute approximate surface area is 108 Å². The monoisotopic (exact) mass is 257 g/mol. The van der Waals surface area contributed by atoms with Gasteiger partial charge in [-0.05, 0) is 23.9 Å². The largest absolute Gasteiger partial charge is 0.392 e. The molecular weight excluding hydrogens is 246 g/mol. The predicted octanol–water partition coefficient (Wildman–Crippen LogP) is 2.60. The molecule has 2 heterocycles. The first-order chi connectivity index (χ1) is 8.86. The van der Waals surface area contributed by atoms with Crippen molar-refractivity contribution in [3.63, 3.8) is 0 Å². The number of hydrogen-bond donors (Lipinski definition) is 2. The predicted molar refractivity (Wildman–Crippen MR) is 70.4 cm³/mol. The Balaban J connectivity index is 2.09. The molecule has 0 amide bonds. The van der Waals surface area contributed by atoms with Crippen molar-refractivity contribution in [2.45, 2.75) is 16.8 Å². The van der Waals surface area contributed by atoms with E-state index in [-0.39, 0.29) is 6.61 Å². The SMILES string of the molecule is OCc1cc2ccccc2nc1Sc1ncc[nH]1. The van der Waals surface area contributed by atoms with Crippen LogP contribution in [0, 0.1) is 0 Å².